The van der Waals surface area contributed by atoms with E-state index in [0.717, 1.165) is 5.56 Å². The standard InChI is InChI=1S/C12H12N4O3S/c1-7-2-8(4-13-3-7)15-12(19)14-5-10-16-9(6-20-10)11(17)18/h2-4,6H,5H2,1H3,(H,17,18)(H2,14,15,19). The molecule has 0 aliphatic heterocycles. The average molecular weight is 292 g/mol. The first-order valence-electron chi connectivity index (χ1n) is 5.69. The number of amides is 2. The largest absolute Gasteiger partial charge is 0.476 e. The van der Waals surface area contributed by atoms with Crippen molar-refractivity contribution in [3.63, 3.8) is 0 Å². The summed E-state index contributed by atoms with van der Waals surface area (Å²) in [6, 6.07) is 1.39. The Morgan fingerprint density at radius 1 is 1.40 bits per heavy atom. The third kappa shape index (κ3) is 3.75. The van der Waals surface area contributed by atoms with Crippen LogP contribution >= 0.6 is 11.3 Å². The van der Waals surface area contributed by atoms with E-state index in [9.17, 15) is 9.59 Å². The summed E-state index contributed by atoms with van der Waals surface area (Å²) in [7, 11) is 0. The van der Waals surface area contributed by atoms with Gasteiger partial charge in [0.2, 0.25) is 0 Å². The van der Waals surface area contributed by atoms with Crippen molar-refractivity contribution in [2.45, 2.75) is 13.5 Å². The summed E-state index contributed by atoms with van der Waals surface area (Å²) < 4.78 is 0. The highest BCUT2D eigenvalue weighted by atomic mass is 32.1. The normalized spacial score (nSPS) is 10.1. The van der Waals surface area contributed by atoms with Gasteiger partial charge in [-0.15, -0.1) is 11.3 Å². The van der Waals surface area contributed by atoms with Crippen LogP contribution in [0.15, 0.2) is 23.8 Å². The van der Waals surface area contributed by atoms with Crippen molar-refractivity contribution in [1.82, 2.24) is 15.3 Å². The number of hydrogen-bond acceptors (Lipinski definition) is 5. The summed E-state index contributed by atoms with van der Waals surface area (Å²) in [5.41, 5.74) is 1.51. The van der Waals surface area contributed by atoms with Crippen LogP contribution in [0.5, 0.6) is 0 Å². The van der Waals surface area contributed by atoms with Crippen LogP contribution in [0, 0.1) is 6.92 Å². The molecule has 0 aromatic carbocycles. The Hall–Kier alpha value is -2.48. The van der Waals surface area contributed by atoms with Gasteiger partial charge >= 0.3 is 12.0 Å². The summed E-state index contributed by atoms with van der Waals surface area (Å²) in [5, 5.41) is 15.9. The molecule has 0 spiro atoms. The molecule has 2 aromatic heterocycles. The average Bonchev–Trinajstić information content (AvgIpc) is 2.85. The molecule has 0 aliphatic rings. The number of hydrogen-bond donors (Lipinski definition) is 3. The van der Waals surface area contributed by atoms with Crippen molar-refractivity contribution in [1.29, 1.82) is 0 Å². The number of aryl methyl sites for hydroxylation is 1. The molecule has 0 bridgehead atoms. The molecule has 2 amide bonds. The number of carboxylic acids is 1. The number of nitrogens with one attached hydrogen (secondary N) is 2. The van der Waals surface area contributed by atoms with Crippen molar-refractivity contribution in [3.05, 3.63) is 40.1 Å². The summed E-state index contributed by atoms with van der Waals surface area (Å²) >= 11 is 1.18. The first-order valence-corrected chi connectivity index (χ1v) is 6.57. The summed E-state index contributed by atoms with van der Waals surface area (Å²) in [6.45, 7) is 2.04. The second-order valence-corrected chi connectivity index (χ2v) is 4.93. The topological polar surface area (TPSA) is 104 Å². The molecule has 3 N–H and O–H groups in total. The minimum Gasteiger partial charge on any atom is -0.476 e. The number of carbonyl (C=O) groups excluding carboxylic acids is 1. The van der Waals surface area contributed by atoms with Crippen LogP contribution in [0.3, 0.4) is 0 Å². The number of pyridine rings is 1. The highest BCUT2D eigenvalue weighted by molar-refractivity contribution is 7.09. The summed E-state index contributed by atoms with van der Waals surface area (Å²) in [6.07, 6.45) is 3.23. The lowest BCUT2D eigenvalue weighted by molar-refractivity contribution is 0.0691. The highest BCUT2D eigenvalue weighted by Gasteiger charge is 2.09. The molecule has 0 saturated carbocycles. The molecule has 8 heteroatoms. The minimum atomic E-state index is -1.08. The van der Waals surface area contributed by atoms with Crippen molar-refractivity contribution >= 4 is 29.0 Å². The van der Waals surface area contributed by atoms with Gasteiger partial charge in [0.25, 0.3) is 0 Å². The van der Waals surface area contributed by atoms with Gasteiger partial charge in [0.05, 0.1) is 18.4 Å². The van der Waals surface area contributed by atoms with Crippen LogP contribution in [0.4, 0.5) is 10.5 Å². The molecule has 104 valence electrons. The Bertz CT molecular complexity index is 641. The first kappa shape index (κ1) is 13.9. The summed E-state index contributed by atoms with van der Waals surface area (Å²) in [4.78, 5) is 30.1. The fourth-order valence-electron chi connectivity index (χ4n) is 1.44. The van der Waals surface area contributed by atoms with E-state index in [2.05, 4.69) is 20.6 Å². The van der Waals surface area contributed by atoms with Gasteiger partial charge in [-0.25, -0.2) is 14.6 Å². The quantitative estimate of drug-likeness (QED) is 0.798. The van der Waals surface area contributed by atoms with Crippen molar-refractivity contribution < 1.29 is 14.7 Å². The minimum absolute atomic E-state index is 0.0184. The van der Waals surface area contributed by atoms with E-state index >= 15 is 0 Å². The number of carboxylic acid groups (broad SMARTS) is 1. The number of aromatic carboxylic acids is 1. The van der Waals surface area contributed by atoms with Crippen molar-refractivity contribution in [2.24, 2.45) is 0 Å². The third-order valence-electron chi connectivity index (χ3n) is 2.30. The molecule has 0 radical (unpaired) electrons. The number of urea groups is 1. The lowest BCUT2D eigenvalue weighted by atomic mass is 10.3. The first-order chi connectivity index (χ1) is 9.54. The van der Waals surface area contributed by atoms with Crippen LogP contribution in [0.25, 0.3) is 0 Å². The molecule has 0 atom stereocenters. The van der Waals surface area contributed by atoms with E-state index in [1.54, 1.807) is 18.5 Å². The van der Waals surface area contributed by atoms with Crippen molar-refractivity contribution in [3.8, 4) is 0 Å². The molecule has 7 nitrogen and oxygen atoms in total. The Kier molecular flexibility index (Phi) is 4.26. The maximum absolute atomic E-state index is 11.6. The van der Waals surface area contributed by atoms with Gasteiger partial charge in [-0.3, -0.25) is 4.98 Å². The summed E-state index contributed by atoms with van der Waals surface area (Å²) in [5.74, 6) is -1.08. The lowest BCUT2D eigenvalue weighted by Crippen LogP contribution is -2.28. The van der Waals surface area contributed by atoms with Gasteiger partial charge < -0.3 is 15.7 Å². The Labute approximate surface area is 118 Å². The molecular formula is C12H12N4O3S. The zero-order valence-corrected chi connectivity index (χ0v) is 11.4. The zero-order chi connectivity index (χ0) is 14.5. The van der Waals surface area contributed by atoms with Gasteiger partial charge in [0.15, 0.2) is 5.69 Å². The van der Waals surface area contributed by atoms with Crippen LogP contribution < -0.4 is 10.6 Å². The Morgan fingerprint density at radius 3 is 2.85 bits per heavy atom. The molecule has 2 rings (SSSR count). The van der Waals surface area contributed by atoms with Gasteiger partial charge in [0, 0.05) is 11.6 Å². The van der Waals surface area contributed by atoms with Crippen LogP contribution in [0.1, 0.15) is 21.1 Å². The molecule has 2 heterocycles. The second-order valence-electron chi connectivity index (χ2n) is 3.99. The molecule has 0 saturated heterocycles. The SMILES string of the molecule is Cc1cncc(NC(=O)NCc2nc(C(=O)O)cs2)c1. The van der Waals surface area contributed by atoms with E-state index in [0.29, 0.717) is 10.7 Å². The molecule has 0 aliphatic carbocycles. The number of carbonyl (C=O) groups is 2. The third-order valence-corrected chi connectivity index (χ3v) is 3.15. The number of anilines is 1. The fourth-order valence-corrected chi connectivity index (χ4v) is 2.15. The maximum Gasteiger partial charge on any atom is 0.355 e. The van der Waals surface area contributed by atoms with Crippen LogP contribution in [0.2, 0.25) is 0 Å². The molecule has 0 unspecified atom stereocenters. The van der Waals surface area contributed by atoms with Crippen molar-refractivity contribution in [2.75, 3.05) is 5.32 Å². The zero-order valence-electron chi connectivity index (χ0n) is 10.6. The van der Waals surface area contributed by atoms with E-state index in [-0.39, 0.29) is 12.2 Å². The lowest BCUT2D eigenvalue weighted by Gasteiger charge is -2.06. The van der Waals surface area contributed by atoms with E-state index in [1.807, 2.05) is 6.92 Å². The highest BCUT2D eigenvalue weighted by Crippen LogP contribution is 2.10. The fraction of sp³-hybridized carbons (Fsp3) is 0.167. The van der Waals surface area contributed by atoms with E-state index in [4.69, 9.17) is 5.11 Å². The number of aromatic nitrogens is 2. The number of nitrogens with zero attached hydrogens (tertiary/aromatic N) is 2. The smallest absolute Gasteiger partial charge is 0.355 e. The van der Waals surface area contributed by atoms with Gasteiger partial charge in [-0.1, -0.05) is 0 Å². The van der Waals surface area contributed by atoms with Crippen LogP contribution in [-0.4, -0.2) is 27.1 Å². The monoisotopic (exact) mass is 292 g/mol. The Balaban J connectivity index is 1.87. The van der Waals surface area contributed by atoms with Gasteiger partial charge in [-0.2, -0.15) is 0 Å². The predicted molar refractivity (Wildman–Crippen MR) is 73.9 cm³/mol. The molecule has 2 aromatic rings. The predicted octanol–water partition coefficient (Wildman–Crippen LogP) is 1.87. The maximum atomic E-state index is 11.6. The van der Waals surface area contributed by atoms with Gasteiger partial charge in [-0.05, 0) is 18.6 Å². The number of rotatable bonds is 4. The number of thiazole rings is 1. The molecule has 20 heavy (non-hydrogen) atoms. The molecule has 0 fully saturated rings. The van der Waals surface area contributed by atoms with Crippen LogP contribution in [-0.2, 0) is 6.54 Å². The van der Waals surface area contributed by atoms with Gasteiger partial charge in [0.1, 0.15) is 5.01 Å². The Morgan fingerprint density at radius 2 is 2.20 bits per heavy atom. The van der Waals surface area contributed by atoms with E-state index in [1.165, 1.54) is 16.7 Å². The van der Waals surface area contributed by atoms with E-state index < -0.39 is 12.0 Å². The second kappa shape index (κ2) is 6.11. The molecular weight excluding hydrogens is 280 g/mol.